The standard InChI is InChI=1S/C27H34FN5O4S/c1-18(38(5,35)36)24-19(7-6-14-29-24)10-13-23-22(27(2,3)28)17-31-26(33-23)32-21-11-8-20(9-12-21)25(34)30-15-16-37-4/h6-9,11-12,14,17-18H,10,13,15-16H2,1-5H3,(H,30,34)(H,31,32,33). The maximum absolute atomic E-state index is 15.0. The number of halogens is 1. The van der Waals surface area contributed by atoms with Crippen LogP contribution in [0.1, 0.15) is 58.9 Å². The van der Waals surface area contributed by atoms with Crippen molar-refractivity contribution in [1.82, 2.24) is 20.3 Å². The number of carbonyl (C=O) groups is 1. The zero-order chi connectivity index (χ0) is 27.9. The monoisotopic (exact) mass is 543 g/mol. The molecule has 0 fully saturated rings. The maximum atomic E-state index is 15.0. The minimum absolute atomic E-state index is 0.207. The molecule has 11 heteroatoms. The average Bonchev–Trinajstić information content (AvgIpc) is 2.86. The summed E-state index contributed by atoms with van der Waals surface area (Å²) in [7, 11) is -1.77. The molecule has 0 aliphatic carbocycles. The molecule has 0 saturated heterocycles. The number of amides is 1. The molecule has 3 aromatic rings. The van der Waals surface area contributed by atoms with Gasteiger partial charge in [0.05, 0.1) is 18.0 Å². The van der Waals surface area contributed by atoms with Gasteiger partial charge in [-0.3, -0.25) is 9.78 Å². The van der Waals surface area contributed by atoms with Gasteiger partial charge in [-0.15, -0.1) is 0 Å². The largest absolute Gasteiger partial charge is 0.383 e. The van der Waals surface area contributed by atoms with Crippen molar-refractivity contribution >= 4 is 27.4 Å². The van der Waals surface area contributed by atoms with Crippen molar-refractivity contribution in [1.29, 1.82) is 0 Å². The summed E-state index contributed by atoms with van der Waals surface area (Å²) in [5, 5.41) is 5.10. The number of hydrogen-bond acceptors (Lipinski definition) is 8. The van der Waals surface area contributed by atoms with Crippen LogP contribution in [0, 0.1) is 0 Å². The molecule has 1 atom stereocenters. The molecule has 0 aliphatic rings. The van der Waals surface area contributed by atoms with E-state index >= 15 is 4.39 Å². The molecule has 2 aromatic heterocycles. The van der Waals surface area contributed by atoms with E-state index in [9.17, 15) is 13.2 Å². The van der Waals surface area contributed by atoms with Crippen LogP contribution in [0.3, 0.4) is 0 Å². The van der Waals surface area contributed by atoms with Crippen LogP contribution in [0.15, 0.2) is 48.8 Å². The van der Waals surface area contributed by atoms with E-state index in [1.165, 1.54) is 26.3 Å². The molecule has 1 amide bonds. The summed E-state index contributed by atoms with van der Waals surface area (Å²) in [6, 6.07) is 10.4. The molecule has 38 heavy (non-hydrogen) atoms. The first-order valence-corrected chi connectivity index (χ1v) is 14.2. The fourth-order valence-corrected chi connectivity index (χ4v) is 4.47. The van der Waals surface area contributed by atoms with E-state index in [2.05, 4.69) is 25.6 Å². The van der Waals surface area contributed by atoms with Crippen LogP contribution in [0.5, 0.6) is 0 Å². The van der Waals surface area contributed by atoms with Crippen LogP contribution in [0.4, 0.5) is 16.0 Å². The highest BCUT2D eigenvalue weighted by atomic mass is 32.2. The van der Waals surface area contributed by atoms with E-state index in [0.717, 1.165) is 5.56 Å². The summed E-state index contributed by atoms with van der Waals surface area (Å²) in [4.78, 5) is 25.4. The fraction of sp³-hybridized carbons (Fsp3) is 0.407. The van der Waals surface area contributed by atoms with Crippen LogP contribution < -0.4 is 10.6 Å². The number of anilines is 2. The van der Waals surface area contributed by atoms with E-state index in [4.69, 9.17) is 4.74 Å². The van der Waals surface area contributed by atoms with Gasteiger partial charge in [-0.1, -0.05) is 6.07 Å². The summed E-state index contributed by atoms with van der Waals surface area (Å²) in [6.45, 7) is 5.34. The normalized spacial score (nSPS) is 12.7. The third-order valence-electron chi connectivity index (χ3n) is 6.09. The summed E-state index contributed by atoms with van der Waals surface area (Å²) in [5.74, 6) is 0.0721. The number of sulfone groups is 1. The smallest absolute Gasteiger partial charge is 0.251 e. The Kier molecular flexibility index (Phi) is 9.50. The predicted molar refractivity (Wildman–Crippen MR) is 145 cm³/mol. The highest BCUT2D eigenvalue weighted by molar-refractivity contribution is 7.90. The Bertz CT molecular complexity index is 1360. The molecular weight excluding hydrogens is 509 g/mol. The average molecular weight is 544 g/mol. The van der Waals surface area contributed by atoms with Crippen LogP contribution in [0.2, 0.25) is 0 Å². The number of alkyl halides is 1. The van der Waals surface area contributed by atoms with E-state index in [-0.39, 0.29) is 11.9 Å². The zero-order valence-electron chi connectivity index (χ0n) is 22.3. The van der Waals surface area contributed by atoms with Gasteiger partial charge in [0.1, 0.15) is 10.9 Å². The lowest BCUT2D eigenvalue weighted by Crippen LogP contribution is -2.26. The van der Waals surface area contributed by atoms with Gasteiger partial charge < -0.3 is 15.4 Å². The number of nitrogens with one attached hydrogen (secondary N) is 2. The molecule has 0 aliphatic heterocycles. The molecule has 1 aromatic carbocycles. The molecular formula is C27H34FN5O4S. The lowest BCUT2D eigenvalue weighted by Gasteiger charge is -2.20. The summed E-state index contributed by atoms with van der Waals surface area (Å²) in [5.41, 5.74) is 1.59. The van der Waals surface area contributed by atoms with Crippen molar-refractivity contribution in [3.05, 3.63) is 76.9 Å². The zero-order valence-corrected chi connectivity index (χ0v) is 23.1. The predicted octanol–water partition coefficient (Wildman–Crippen LogP) is 4.09. The highest BCUT2D eigenvalue weighted by Crippen LogP contribution is 2.29. The molecule has 0 radical (unpaired) electrons. The number of hydrogen-bond donors (Lipinski definition) is 2. The first kappa shape index (κ1) is 29.1. The van der Waals surface area contributed by atoms with Crippen LogP contribution in [-0.2, 0) is 33.1 Å². The Hall–Kier alpha value is -3.44. The van der Waals surface area contributed by atoms with Gasteiger partial charge in [0.2, 0.25) is 5.95 Å². The van der Waals surface area contributed by atoms with Crippen LogP contribution in [-0.4, -0.2) is 55.8 Å². The van der Waals surface area contributed by atoms with Crippen LogP contribution >= 0.6 is 0 Å². The Labute approximate surface area is 223 Å². The number of methoxy groups -OCH3 is 1. The topological polar surface area (TPSA) is 123 Å². The third-order valence-corrected chi connectivity index (χ3v) is 7.60. The third kappa shape index (κ3) is 7.78. The van der Waals surface area contributed by atoms with Gasteiger partial charge >= 0.3 is 0 Å². The highest BCUT2D eigenvalue weighted by Gasteiger charge is 2.26. The summed E-state index contributed by atoms with van der Waals surface area (Å²) < 4.78 is 44.2. The van der Waals surface area contributed by atoms with Crippen molar-refractivity contribution < 1.29 is 22.3 Å². The Morgan fingerprint density at radius 3 is 2.47 bits per heavy atom. The van der Waals surface area contributed by atoms with Gasteiger partial charge in [0.25, 0.3) is 5.91 Å². The van der Waals surface area contributed by atoms with E-state index < -0.39 is 20.8 Å². The van der Waals surface area contributed by atoms with E-state index in [0.29, 0.717) is 54.2 Å². The van der Waals surface area contributed by atoms with Crippen molar-refractivity contribution in [2.24, 2.45) is 0 Å². The van der Waals surface area contributed by atoms with Crippen LogP contribution in [0.25, 0.3) is 0 Å². The number of carbonyl (C=O) groups excluding carboxylic acids is 1. The Morgan fingerprint density at radius 2 is 1.84 bits per heavy atom. The number of aromatic nitrogens is 3. The number of nitrogens with zero attached hydrogens (tertiary/aromatic N) is 3. The molecule has 9 nitrogen and oxygen atoms in total. The van der Waals surface area contributed by atoms with E-state index in [1.807, 2.05) is 6.07 Å². The number of pyridine rings is 1. The molecule has 0 saturated carbocycles. The molecule has 0 bridgehead atoms. The maximum Gasteiger partial charge on any atom is 0.251 e. The minimum atomic E-state index is -3.34. The van der Waals surface area contributed by atoms with Gasteiger partial charge in [0, 0.05) is 49.1 Å². The minimum Gasteiger partial charge on any atom is -0.383 e. The molecule has 2 heterocycles. The summed E-state index contributed by atoms with van der Waals surface area (Å²) in [6.07, 6.45) is 5.00. The second kappa shape index (κ2) is 12.4. The van der Waals surface area contributed by atoms with Crippen molar-refractivity contribution in [3.8, 4) is 0 Å². The second-order valence-electron chi connectivity index (χ2n) is 9.50. The van der Waals surface area contributed by atoms with Gasteiger partial charge in [0.15, 0.2) is 9.84 Å². The first-order chi connectivity index (χ1) is 17.9. The first-order valence-electron chi connectivity index (χ1n) is 12.2. The van der Waals surface area contributed by atoms with E-state index in [1.54, 1.807) is 50.6 Å². The molecule has 2 N–H and O–H groups in total. The Morgan fingerprint density at radius 1 is 1.13 bits per heavy atom. The number of rotatable bonds is 12. The van der Waals surface area contributed by atoms with Gasteiger partial charge in [-0.25, -0.2) is 22.8 Å². The van der Waals surface area contributed by atoms with Crippen molar-refractivity contribution in [2.45, 2.75) is 44.5 Å². The summed E-state index contributed by atoms with van der Waals surface area (Å²) >= 11 is 0. The SMILES string of the molecule is COCCNC(=O)c1ccc(Nc2ncc(C(C)(C)F)c(CCc3cccnc3C(C)S(C)(=O)=O)n2)cc1. The number of benzene rings is 1. The van der Waals surface area contributed by atoms with Gasteiger partial charge in [-0.05, 0) is 69.5 Å². The second-order valence-corrected chi connectivity index (χ2v) is 11.9. The molecule has 204 valence electrons. The lowest BCUT2D eigenvalue weighted by molar-refractivity contribution is 0.0937. The lowest BCUT2D eigenvalue weighted by atomic mass is 9.96. The molecule has 3 rings (SSSR count). The number of ether oxygens (including phenoxy) is 1. The fourth-order valence-electron chi connectivity index (χ4n) is 3.85. The van der Waals surface area contributed by atoms with Crippen molar-refractivity contribution in [3.63, 3.8) is 0 Å². The quantitative estimate of drug-likeness (QED) is 0.328. The van der Waals surface area contributed by atoms with Crippen molar-refractivity contribution in [2.75, 3.05) is 31.8 Å². The molecule has 0 spiro atoms. The molecule has 1 unspecified atom stereocenters. The Balaban J connectivity index is 1.81. The van der Waals surface area contributed by atoms with Gasteiger partial charge in [-0.2, -0.15) is 0 Å². The number of aryl methyl sites for hydroxylation is 2.